The van der Waals surface area contributed by atoms with Crippen molar-refractivity contribution in [3.05, 3.63) is 66.1 Å². The van der Waals surface area contributed by atoms with Crippen LogP contribution in [0.2, 0.25) is 0 Å². The molecule has 0 atom stereocenters. The monoisotopic (exact) mass is 408 g/mol. The summed E-state index contributed by atoms with van der Waals surface area (Å²) in [6.07, 6.45) is 1.84. The van der Waals surface area contributed by atoms with Crippen LogP contribution in [-0.4, -0.2) is 24.7 Å². The van der Waals surface area contributed by atoms with E-state index < -0.39 is 6.61 Å². The van der Waals surface area contributed by atoms with Gasteiger partial charge in [-0.15, -0.1) is 0 Å². The minimum atomic E-state index is -2.90. The molecule has 2 aromatic carbocycles. The van der Waals surface area contributed by atoms with E-state index in [-0.39, 0.29) is 11.6 Å². The van der Waals surface area contributed by atoms with Crippen LogP contribution in [0.5, 0.6) is 11.5 Å². The maximum absolute atomic E-state index is 14.5. The van der Waals surface area contributed by atoms with Gasteiger partial charge < -0.3 is 14.8 Å². The van der Waals surface area contributed by atoms with Crippen LogP contribution < -0.4 is 14.8 Å². The Kier molecular flexibility index (Phi) is 6.53. The first-order chi connectivity index (χ1) is 13.5. The van der Waals surface area contributed by atoms with Crippen LogP contribution in [0.1, 0.15) is 5.56 Å². The lowest BCUT2D eigenvalue weighted by Gasteiger charge is -2.12. The highest BCUT2D eigenvalue weighted by Gasteiger charge is 2.21. The molecule has 28 heavy (non-hydrogen) atoms. The lowest BCUT2D eigenvalue weighted by molar-refractivity contribution is -0.0499. The first kappa shape index (κ1) is 20.2. The molecule has 0 aliphatic carbocycles. The zero-order chi connectivity index (χ0) is 20.1. The third kappa shape index (κ3) is 4.45. The molecule has 0 saturated heterocycles. The Labute approximate surface area is 165 Å². The van der Waals surface area contributed by atoms with Gasteiger partial charge in [-0.05, 0) is 49.3 Å². The van der Waals surface area contributed by atoms with Crippen LogP contribution in [-0.2, 0) is 6.54 Å². The summed E-state index contributed by atoms with van der Waals surface area (Å²) in [6.45, 7) is -2.38. The molecule has 0 spiro atoms. The summed E-state index contributed by atoms with van der Waals surface area (Å²) >= 11 is 1.25. The highest BCUT2D eigenvalue weighted by atomic mass is 32.2. The first-order valence-electron chi connectivity index (χ1n) is 8.44. The molecule has 0 saturated carbocycles. The van der Waals surface area contributed by atoms with Crippen molar-refractivity contribution in [1.29, 1.82) is 0 Å². The Morgan fingerprint density at radius 2 is 1.93 bits per heavy atom. The largest absolute Gasteiger partial charge is 0.494 e. The second-order valence-corrected chi connectivity index (χ2v) is 6.86. The summed E-state index contributed by atoms with van der Waals surface area (Å²) in [5, 5.41) is 3.06. The summed E-state index contributed by atoms with van der Waals surface area (Å²) in [5.41, 5.74) is 1.78. The summed E-state index contributed by atoms with van der Waals surface area (Å²) in [7, 11) is 3.34. The number of hydrogen-bond acceptors (Lipinski definition) is 4. The van der Waals surface area contributed by atoms with Crippen molar-refractivity contribution in [2.45, 2.75) is 18.1 Å². The molecule has 0 aliphatic rings. The molecule has 148 valence electrons. The van der Waals surface area contributed by atoms with Gasteiger partial charge in [0, 0.05) is 28.8 Å². The van der Waals surface area contributed by atoms with Gasteiger partial charge in [0.2, 0.25) is 0 Å². The van der Waals surface area contributed by atoms with E-state index in [1.54, 1.807) is 41.4 Å². The number of hydrogen-bond donors (Lipinski definition) is 1. The molecule has 0 bridgehead atoms. The Bertz CT molecular complexity index is 947. The number of nitrogens with zero attached hydrogens (tertiary/aromatic N) is 1. The summed E-state index contributed by atoms with van der Waals surface area (Å²) < 4.78 is 51.3. The van der Waals surface area contributed by atoms with E-state index in [0.29, 0.717) is 28.4 Å². The van der Waals surface area contributed by atoms with Gasteiger partial charge in [0.05, 0.1) is 7.11 Å². The van der Waals surface area contributed by atoms with Gasteiger partial charge in [0.1, 0.15) is 23.0 Å². The number of ether oxygens (including phenoxy) is 2. The molecule has 0 aliphatic heterocycles. The molecule has 1 N–H and O–H groups in total. The second-order valence-electron chi connectivity index (χ2n) is 5.82. The highest BCUT2D eigenvalue weighted by molar-refractivity contribution is 7.98. The van der Waals surface area contributed by atoms with Gasteiger partial charge >= 0.3 is 6.61 Å². The molecule has 8 heteroatoms. The van der Waals surface area contributed by atoms with Gasteiger partial charge in [-0.1, -0.05) is 18.2 Å². The number of alkyl halides is 2. The van der Waals surface area contributed by atoms with Crippen molar-refractivity contribution < 1.29 is 22.6 Å². The Morgan fingerprint density at radius 1 is 1.14 bits per heavy atom. The van der Waals surface area contributed by atoms with Gasteiger partial charge in [-0.3, -0.25) is 3.97 Å². The molecule has 4 nitrogen and oxygen atoms in total. The molecule has 0 unspecified atom stereocenters. The van der Waals surface area contributed by atoms with Crippen molar-refractivity contribution in [3.63, 3.8) is 0 Å². The third-order valence-corrected chi connectivity index (χ3v) is 4.88. The van der Waals surface area contributed by atoms with Crippen LogP contribution in [0.4, 0.5) is 13.2 Å². The third-order valence-electron chi connectivity index (χ3n) is 3.93. The normalized spacial score (nSPS) is 11.1. The molecular weight excluding hydrogens is 389 g/mol. The number of methoxy groups -OCH3 is 1. The number of aromatic nitrogens is 1. The number of benzene rings is 2. The zero-order valence-corrected chi connectivity index (χ0v) is 16.1. The molecule has 1 aromatic heterocycles. The maximum Gasteiger partial charge on any atom is 0.387 e. The second kappa shape index (κ2) is 9.07. The van der Waals surface area contributed by atoms with E-state index >= 15 is 0 Å². The van der Waals surface area contributed by atoms with E-state index in [9.17, 15) is 13.2 Å². The summed E-state index contributed by atoms with van der Waals surface area (Å²) in [6, 6.07) is 12.8. The van der Waals surface area contributed by atoms with Crippen molar-refractivity contribution in [1.82, 2.24) is 9.29 Å². The number of halogens is 3. The topological polar surface area (TPSA) is 35.4 Å². The van der Waals surface area contributed by atoms with E-state index in [2.05, 4.69) is 10.1 Å². The Balaban J connectivity index is 2.06. The fourth-order valence-corrected chi connectivity index (χ4v) is 3.84. The summed E-state index contributed by atoms with van der Waals surface area (Å²) in [4.78, 5) is 0.657. The standard InChI is InChI=1S/C20H19F3N2O2S/c1-24-11-13-12-25(28-15-7-5-6-14(10-15)27-20(22)23)18(19(13)26-2)16-8-3-4-9-17(16)21/h3-10,12,20,24H,11H2,1-2H3. The average molecular weight is 408 g/mol. The lowest BCUT2D eigenvalue weighted by Crippen LogP contribution is -2.05. The van der Waals surface area contributed by atoms with E-state index in [1.807, 2.05) is 6.20 Å². The van der Waals surface area contributed by atoms with Crippen LogP contribution in [0.3, 0.4) is 0 Å². The van der Waals surface area contributed by atoms with E-state index in [4.69, 9.17) is 4.74 Å². The van der Waals surface area contributed by atoms with Gasteiger partial charge in [0.15, 0.2) is 0 Å². The van der Waals surface area contributed by atoms with Gasteiger partial charge in [0.25, 0.3) is 0 Å². The van der Waals surface area contributed by atoms with Crippen LogP contribution in [0, 0.1) is 5.82 Å². The SMILES string of the molecule is CNCc1cn(Sc2cccc(OC(F)F)c2)c(-c2ccccc2F)c1OC. The predicted molar refractivity (Wildman–Crippen MR) is 103 cm³/mol. The lowest BCUT2D eigenvalue weighted by atomic mass is 10.1. The van der Waals surface area contributed by atoms with Crippen molar-refractivity contribution in [2.75, 3.05) is 14.2 Å². The summed E-state index contributed by atoms with van der Waals surface area (Å²) in [5.74, 6) is 0.223. The number of nitrogens with one attached hydrogen (secondary N) is 1. The van der Waals surface area contributed by atoms with Crippen LogP contribution in [0.15, 0.2) is 59.6 Å². The van der Waals surface area contributed by atoms with Crippen molar-refractivity contribution in [3.8, 4) is 22.8 Å². The van der Waals surface area contributed by atoms with Crippen molar-refractivity contribution >= 4 is 11.9 Å². The van der Waals surface area contributed by atoms with Crippen molar-refractivity contribution in [2.24, 2.45) is 0 Å². The van der Waals surface area contributed by atoms with Crippen LogP contribution in [0.25, 0.3) is 11.3 Å². The Morgan fingerprint density at radius 3 is 2.61 bits per heavy atom. The van der Waals surface area contributed by atoms with E-state index in [1.165, 1.54) is 37.3 Å². The fraction of sp³-hybridized carbons (Fsp3) is 0.200. The van der Waals surface area contributed by atoms with Crippen LogP contribution >= 0.6 is 11.9 Å². The Hall–Kier alpha value is -2.58. The molecule has 0 radical (unpaired) electrons. The minimum absolute atomic E-state index is 0.0574. The minimum Gasteiger partial charge on any atom is -0.494 e. The smallest absolute Gasteiger partial charge is 0.387 e. The van der Waals surface area contributed by atoms with Gasteiger partial charge in [-0.25, -0.2) is 4.39 Å². The predicted octanol–water partition coefficient (Wildman–Crippen LogP) is 5.18. The molecular formula is C20H19F3N2O2S. The number of rotatable bonds is 8. The molecule has 1 heterocycles. The zero-order valence-electron chi connectivity index (χ0n) is 15.3. The molecule has 0 amide bonds. The quantitative estimate of drug-likeness (QED) is 0.557. The molecule has 0 fully saturated rings. The molecule has 3 aromatic rings. The average Bonchev–Trinajstić information content (AvgIpc) is 2.99. The first-order valence-corrected chi connectivity index (χ1v) is 9.21. The van der Waals surface area contributed by atoms with E-state index in [0.717, 1.165) is 5.56 Å². The maximum atomic E-state index is 14.5. The van der Waals surface area contributed by atoms with Gasteiger partial charge in [-0.2, -0.15) is 8.78 Å². The molecule has 3 rings (SSSR count). The highest BCUT2D eigenvalue weighted by Crippen LogP contribution is 2.41. The fourth-order valence-electron chi connectivity index (χ4n) is 2.85.